The number of halogens is 1. The first kappa shape index (κ1) is 15.8. The molecule has 0 fully saturated rings. The van der Waals surface area contributed by atoms with Gasteiger partial charge in [-0.25, -0.2) is 9.18 Å². The molecule has 1 aromatic carbocycles. The van der Waals surface area contributed by atoms with E-state index >= 15 is 0 Å². The number of carbonyl (C=O) groups is 1. The van der Waals surface area contributed by atoms with Gasteiger partial charge in [-0.2, -0.15) is 5.10 Å². The lowest BCUT2D eigenvalue weighted by molar-refractivity contribution is 0.0689. The Morgan fingerprint density at radius 3 is 2.50 bits per heavy atom. The molecular weight excluding hydrogens is 291 g/mol. The van der Waals surface area contributed by atoms with Crippen LogP contribution in [0.2, 0.25) is 0 Å². The van der Waals surface area contributed by atoms with E-state index in [0.29, 0.717) is 17.2 Å². The molecule has 1 heterocycles. The number of benzene rings is 1. The highest BCUT2D eigenvalue weighted by atomic mass is 19.1. The normalized spacial score (nSPS) is 10.8. The first-order chi connectivity index (χ1) is 10.3. The molecule has 0 spiro atoms. The van der Waals surface area contributed by atoms with Gasteiger partial charge in [0.1, 0.15) is 5.82 Å². The molecule has 0 aliphatic heterocycles. The van der Waals surface area contributed by atoms with Crippen molar-refractivity contribution in [2.45, 2.75) is 20.0 Å². The Balaban J connectivity index is 2.54. The van der Waals surface area contributed by atoms with E-state index < -0.39 is 11.8 Å². The molecule has 2 aromatic rings. The number of nitrogens with zero attached hydrogens (tertiary/aromatic N) is 2. The van der Waals surface area contributed by atoms with Gasteiger partial charge in [-0.05, 0) is 26.0 Å². The summed E-state index contributed by atoms with van der Waals surface area (Å²) in [7, 11) is 3.00. The van der Waals surface area contributed by atoms with E-state index in [1.54, 1.807) is 7.05 Å². The number of carboxylic acids is 1. The van der Waals surface area contributed by atoms with Crippen LogP contribution in [0, 0.1) is 5.82 Å². The van der Waals surface area contributed by atoms with Crippen LogP contribution >= 0.6 is 0 Å². The summed E-state index contributed by atoms with van der Waals surface area (Å²) in [6.45, 7) is 3.65. The van der Waals surface area contributed by atoms with Gasteiger partial charge in [0.05, 0.1) is 18.9 Å². The van der Waals surface area contributed by atoms with Crippen molar-refractivity contribution in [3.05, 3.63) is 29.7 Å². The highest BCUT2D eigenvalue weighted by Crippen LogP contribution is 2.35. The quantitative estimate of drug-likeness (QED) is 0.919. The summed E-state index contributed by atoms with van der Waals surface area (Å²) in [4.78, 5) is 11.0. The average molecular weight is 308 g/mol. The number of methoxy groups -OCH3 is 1. The van der Waals surface area contributed by atoms with Crippen LogP contribution in [0.4, 0.5) is 4.39 Å². The van der Waals surface area contributed by atoms with Crippen molar-refractivity contribution in [2.75, 3.05) is 7.11 Å². The average Bonchev–Trinajstić information content (AvgIpc) is 2.80. The number of rotatable bonds is 5. The summed E-state index contributed by atoms with van der Waals surface area (Å²) < 4.78 is 26.4. The summed E-state index contributed by atoms with van der Waals surface area (Å²) in [5, 5.41) is 12.8. The van der Waals surface area contributed by atoms with Crippen molar-refractivity contribution in [1.82, 2.24) is 9.78 Å². The van der Waals surface area contributed by atoms with E-state index in [4.69, 9.17) is 14.6 Å². The lowest BCUT2D eigenvalue weighted by atomic mass is 10.1. The zero-order valence-corrected chi connectivity index (χ0v) is 12.8. The Labute approximate surface area is 127 Å². The van der Waals surface area contributed by atoms with Crippen molar-refractivity contribution in [1.29, 1.82) is 0 Å². The van der Waals surface area contributed by atoms with Gasteiger partial charge in [0.2, 0.25) is 0 Å². The zero-order chi connectivity index (χ0) is 16.4. The molecule has 2 rings (SSSR count). The number of aromatic carboxylic acids is 1. The largest absolute Gasteiger partial charge is 0.493 e. The standard InChI is InChI=1S/C15H17FN2O4/c1-8(2)22-14-6-10(16)9(5-13(14)21-4)12-7-11(15(19)20)17-18(12)3/h5-8H,1-4H3,(H,19,20). The Hall–Kier alpha value is -2.57. The Morgan fingerprint density at radius 1 is 1.32 bits per heavy atom. The molecule has 0 amide bonds. The van der Waals surface area contributed by atoms with Crippen LogP contribution in [0.25, 0.3) is 11.3 Å². The third-order valence-corrected chi connectivity index (χ3v) is 2.99. The van der Waals surface area contributed by atoms with Crippen LogP contribution in [-0.2, 0) is 7.05 Å². The van der Waals surface area contributed by atoms with Crippen molar-refractivity contribution in [3.8, 4) is 22.8 Å². The zero-order valence-electron chi connectivity index (χ0n) is 12.8. The monoisotopic (exact) mass is 308 g/mol. The molecule has 0 bridgehead atoms. The van der Waals surface area contributed by atoms with Gasteiger partial charge in [0.15, 0.2) is 17.2 Å². The summed E-state index contributed by atoms with van der Waals surface area (Å²) >= 11 is 0. The van der Waals surface area contributed by atoms with Gasteiger partial charge in [-0.15, -0.1) is 0 Å². The maximum Gasteiger partial charge on any atom is 0.356 e. The molecule has 1 aromatic heterocycles. The van der Waals surface area contributed by atoms with Crippen LogP contribution in [0.15, 0.2) is 18.2 Å². The van der Waals surface area contributed by atoms with Gasteiger partial charge in [0.25, 0.3) is 0 Å². The number of hydrogen-bond acceptors (Lipinski definition) is 4. The second-order valence-electron chi connectivity index (χ2n) is 4.99. The van der Waals surface area contributed by atoms with Gasteiger partial charge in [-0.1, -0.05) is 0 Å². The molecule has 118 valence electrons. The first-order valence-electron chi connectivity index (χ1n) is 6.65. The van der Waals surface area contributed by atoms with Crippen molar-refractivity contribution in [3.63, 3.8) is 0 Å². The number of aryl methyl sites for hydroxylation is 1. The fourth-order valence-corrected chi connectivity index (χ4v) is 2.06. The maximum absolute atomic E-state index is 14.4. The van der Waals surface area contributed by atoms with E-state index in [1.165, 1.54) is 30.0 Å². The predicted molar refractivity (Wildman–Crippen MR) is 77.9 cm³/mol. The lowest BCUT2D eigenvalue weighted by Crippen LogP contribution is -2.07. The molecule has 0 saturated heterocycles. The molecule has 0 radical (unpaired) electrons. The number of carboxylic acid groups (broad SMARTS) is 1. The second-order valence-corrected chi connectivity index (χ2v) is 4.99. The van der Waals surface area contributed by atoms with E-state index in [9.17, 15) is 9.18 Å². The summed E-state index contributed by atoms with van der Waals surface area (Å²) in [5.74, 6) is -1.06. The minimum absolute atomic E-state index is 0.130. The van der Waals surface area contributed by atoms with Gasteiger partial charge < -0.3 is 14.6 Å². The summed E-state index contributed by atoms with van der Waals surface area (Å²) in [6, 6.07) is 4.00. The SMILES string of the molecule is COc1cc(-c2cc(C(=O)O)nn2C)c(F)cc1OC(C)C. The van der Waals surface area contributed by atoms with Gasteiger partial charge >= 0.3 is 5.97 Å². The molecule has 22 heavy (non-hydrogen) atoms. The van der Waals surface area contributed by atoms with Gasteiger partial charge in [-0.3, -0.25) is 4.68 Å². The highest BCUT2D eigenvalue weighted by molar-refractivity contribution is 5.87. The van der Waals surface area contributed by atoms with Crippen LogP contribution in [0.1, 0.15) is 24.3 Å². The van der Waals surface area contributed by atoms with Crippen molar-refractivity contribution >= 4 is 5.97 Å². The van der Waals surface area contributed by atoms with Crippen LogP contribution in [0.5, 0.6) is 11.5 Å². The van der Waals surface area contributed by atoms with Gasteiger partial charge in [0, 0.05) is 18.7 Å². The molecule has 7 heteroatoms. The van der Waals surface area contributed by atoms with E-state index in [0.717, 1.165) is 0 Å². The minimum Gasteiger partial charge on any atom is -0.493 e. The fraction of sp³-hybridized carbons (Fsp3) is 0.333. The smallest absolute Gasteiger partial charge is 0.356 e. The molecule has 1 N–H and O–H groups in total. The highest BCUT2D eigenvalue weighted by Gasteiger charge is 2.19. The number of ether oxygens (including phenoxy) is 2. The second kappa shape index (κ2) is 6.05. The topological polar surface area (TPSA) is 73.6 Å². The molecule has 0 unspecified atom stereocenters. The molecular formula is C15H17FN2O4. The third kappa shape index (κ3) is 3.03. The Kier molecular flexibility index (Phi) is 4.35. The van der Waals surface area contributed by atoms with E-state index in [2.05, 4.69) is 5.10 Å². The third-order valence-electron chi connectivity index (χ3n) is 2.99. The fourth-order valence-electron chi connectivity index (χ4n) is 2.06. The van der Waals surface area contributed by atoms with Crippen molar-refractivity contribution < 1.29 is 23.8 Å². The minimum atomic E-state index is -1.17. The van der Waals surface area contributed by atoms with Crippen LogP contribution in [-0.4, -0.2) is 34.1 Å². The first-order valence-corrected chi connectivity index (χ1v) is 6.65. The number of hydrogen-bond donors (Lipinski definition) is 1. The molecule has 0 saturated carbocycles. The van der Waals surface area contributed by atoms with Crippen LogP contribution in [0.3, 0.4) is 0 Å². The molecule has 0 atom stereocenters. The molecule has 0 aliphatic rings. The van der Waals surface area contributed by atoms with E-state index in [1.807, 2.05) is 13.8 Å². The molecule has 0 aliphatic carbocycles. The van der Waals surface area contributed by atoms with Crippen molar-refractivity contribution in [2.24, 2.45) is 7.05 Å². The van der Waals surface area contributed by atoms with E-state index in [-0.39, 0.29) is 17.4 Å². The molecule has 6 nitrogen and oxygen atoms in total. The Morgan fingerprint density at radius 2 is 2.00 bits per heavy atom. The number of aromatic nitrogens is 2. The Bertz CT molecular complexity index is 710. The maximum atomic E-state index is 14.4. The lowest BCUT2D eigenvalue weighted by Gasteiger charge is -2.15. The summed E-state index contributed by atoms with van der Waals surface area (Å²) in [6.07, 6.45) is -0.130. The summed E-state index contributed by atoms with van der Waals surface area (Å²) in [5.41, 5.74) is 0.373. The predicted octanol–water partition coefficient (Wildman–Crippen LogP) is 2.72. The van der Waals surface area contributed by atoms with Crippen LogP contribution < -0.4 is 9.47 Å².